The van der Waals surface area contributed by atoms with Crippen LogP contribution in [0.3, 0.4) is 0 Å². The lowest BCUT2D eigenvalue weighted by atomic mass is 10.2. The monoisotopic (exact) mass is 394 g/mol. The van der Waals surface area contributed by atoms with E-state index < -0.39 is 16.7 Å². The third kappa shape index (κ3) is 5.27. The predicted octanol–water partition coefficient (Wildman–Crippen LogP) is 2.78. The first-order valence-electron chi connectivity index (χ1n) is 7.17. The van der Waals surface area contributed by atoms with Crippen molar-refractivity contribution >= 4 is 46.9 Å². The van der Waals surface area contributed by atoms with Crippen LogP contribution < -0.4 is 10.7 Å². The lowest BCUT2D eigenvalue weighted by Crippen LogP contribution is -2.34. The molecule has 0 aliphatic heterocycles. The number of benzene rings is 2. The van der Waals surface area contributed by atoms with Gasteiger partial charge in [-0.05, 0) is 24.3 Å². The summed E-state index contributed by atoms with van der Waals surface area (Å²) in [5.74, 6) is -1.12. The molecule has 0 aromatic heterocycles. The minimum Gasteiger partial charge on any atom is -0.343 e. The van der Waals surface area contributed by atoms with Crippen LogP contribution in [0.15, 0.2) is 47.6 Å². The highest BCUT2D eigenvalue weighted by molar-refractivity contribution is 6.42. The molecule has 0 atom stereocenters. The maximum atomic E-state index is 11.9. The maximum absolute atomic E-state index is 11.9. The molecule has 0 saturated heterocycles. The van der Waals surface area contributed by atoms with E-state index in [0.717, 1.165) is 6.21 Å². The number of nitrogens with zero attached hydrogens (tertiary/aromatic N) is 2. The molecule has 0 heterocycles. The number of amides is 2. The van der Waals surface area contributed by atoms with Gasteiger partial charge in [-0.25, -0.2) is 5.43 Å². The number of hydrazone groups is 1. The molecule has 2 amide bonds. The zero-order chi connectivity index (χ0) is 19.1. The molecule has 134 valence electrons. The standard InChI is InChI=1S/C16H12Cl2N4O4/c17-12-6-5-10(7-13(12)18)16(24)19-9-15(23)21-20-8-11-3-1-2-4-14(11)22(25)26/h1-8H,9H2,(H,19,24)(H,21,23). The van der Waals surface area contributed by atoms with Crippen molar-refractivity contribution in [2.24, 2.45) is 5.10 Å². The second-order valence-corrected chi connectivity index (χ2v) is 5.74. The Bertz CT molecular complexity index is 886. The summed E-state index contributed by atoms with van der Waals surface area (Å²) in [5.41, 5.74) is 2.51. The summed E-state index contributed by atoms with van der Waals surface area (Å²) >= 11 is 11.6. The van der Waals surface area contributed by atoms with Crippen LogP contribution in [-0.4, -0.2) is 29.5 Å². The fourth-order valence-electron chi connectivity index (χ4n) is 1.88. The number of carbonyl (C=O) groups is 2. The van der Waals surface area contributed by atoms with Crippen LogP contribution in [0.1, 0.15) is 15.9 Å². The maximum Gasteiger partial charge on any atom is 0.278 e. The number of nitro benzene ring substituents is 1. The Morgan fingerprint density at radius 2 is 1.88 bits per heavy atom. The quantitative estimate of drug-likeness (QED) is 0.445. The number of rotatable bonds is 6. The lowest BCUT2D eigenvalue weighted by molar-refractivity contribution is -0.385. The molecule has 0 fully saturated rings. The first-order chi connectivity index (χ1) is 12.4. The van der Waals surface area contributed by atoms with Gasteiger partial charge in [-0.15, -0.1) is 0 Å². The summed E-state index contributed by atoms with van der Waals surface area (Å²) in [4.78, 5) is 33.9. The Kier molecular flexibility index (Phi) is 6.65. The van der Waals surface area contributed by atoms with Crippen LogP contribution in [0.25, 0.3) is 0 Å². The van der Waals surface area contributed by atoms with E-state index in [4.69, 9.17) is 23.2 Å². The van der Waals surface area contributed by atoms with E-state index in [9.17, 15) is 19.7 Å². The summed E-state index contributed by atoms with van der Waals surface area (Å²) in [7, 11) is 0. The minimum absolute atomic E-state index is 0.140. The third-order valence-electron chi connectivity index (χ3n) is 3.12. The number of nitrogens with one attached hydrogen (secondary N) is 2. The summed E-state index contributed by atoms with van der Waals surface area (Å²) in [6, 6.07) is 10.2. The van der Waals surface area contributed by atoms with Gasteiger partial charge in [0.15, 0.2) is 0 Å². The Morgan fingerprint density at radius 3 is 2.58 bits per heavy atom. The number of hydrogen-bond acceptors (Lipinski definition) is 5. The highest BCUT2D eigenvalue weighted by Crippen LogP contribution is 2.22. The molecule has 0 bridgehead atoms. The molecule has 2 N–H and O–H groups in total. The summed E-state index contributed by atoms with van der Waals surface area (Å²) < 4.78 is 0. The van der Waals surface area contributed by atoms with Crippen LogP contribution in [0.5, 0.6) is 0 Å². The van der Waals surface area contributed by atoms with Gasteiger partial charge in [-0.2, -0.15) is 5.10 Å². The molecule has 10 heteroatoms. The van der Waals surface area contributed by atoms with Crippen molar-refractivity contribution in [1.82, 2.24) is 10.7 Å². The van der Waals surface area contributed by atoms with Crippen LogP contribution in [0.2, 0.25) is 10.0 Å². The number of halogens is 2. The fraction of sp³-hybridized carbons (Fsp3) is 0.0625. The zero-order valence-electron chi connectivity index (χ0n) is 13.1. The van der Waals surface area contributed by atoms with Gasteiger partial charge in [0.25, 0.3) is 17.5 Å². The van der Waals surface area contributed by atoms with E-state index in [-0.39, 0.29) is 28.4 Å². The van der Waals surface area contributed by atoms with Crippen molar-refractivity contribution in [2.75, 3.05) is 6.54 Å². The Hall–Kier alpha value is -2.97. The molecule has 2 rings (SSSR count). The van der Waals surface area contributed by atoms with Crippen LogP contribution in [0, 0.1) is 10.1 Å². The van der Waals surface area contributed by atoms with Gasteiger partial charge in [-0.3, -0.25) is 19.7 Å². The Morgan fingerprint density at radius 1 is 1.15 bits per heavy atom. The first kappa shape index (κ1) is 19.4. The molecule has 26 heavy (non-hydrogen) atoms. The van der Waals surface area contributed by atoms with Gasteiger partial charge in [0.05, 0.1) is 33.3 Å². The van der Waals surface area contributed by atoms with Crippen molar-refractivity contribution in [1.29, 1.82) is 0 Å². The topological polar surface area (TPSA) is 114 Å². The van der Waals surface area contributed by atoms with Gasteiger partial charge >= 0.3 is 0 Å². The number of para-hydroxylation sites is 1. The van der Waals surface area contributed by atoms with Crippen molar-refractivity contribution < 1.29 is 14.5 Å². The molecule has 2 aromatic rings. The fourth-order valence-corrected chi connectivity index (χ4v) is 2.17. The Labute approximate surface area is 157 Å². The number of hydrogen-bond donors (Lipinski definition) is 2. The number of carbonyl (C=O) groups excluding carboxylic acids is 2. The molecular formula is C16H12Cl2N4O4. The van der Waals surface area contributed by atoms with Crippen molar-refractivity contribution in [3.63, 3.8) is 0 Å². The first-order valence-corrected chi connectivity index (χ1v) is 7.92. The molecule has 0 aliphatic rings. The van der Waals surface area contributed by atoms with Gasteiger partial charge in [-0.1, -0.05) is 35.3 Å². The lowest BCUT2D eigenvalue weighted by Gasteiger charge is -2.05. The van der Waals surface area contributed by atoms with E-state index in [0.29, 0.717) is 5.02 Å². The Balaban J connectivity index is 1.88. The predicted molar refractivity (Wildman–Crippen MR) is 97.6 cm³/mol. The summed E-state index contributed by atoms with van der Waals surface area (Å²) in [5, 5.41) is 17.4. The molecule has 2 aromatic carbocycles. The zero-order valence-corrected chi connectivity index (χ0v) is 14.6. The van der Waals surface area contributed by atoms with Crippen LogP contribution >= 0.6 is 23.2 Å². The van der Waals surface area contributed by atoms with Gasteiger partial charge in [0.1, 0.15) is 0 Å². The van der Waals surface area contributed by atoms with Crippen LogP contribution in [0.4, 0.5) is 5.69 Å². The van der Waals surface area contributed by atoms with E-state index in [2.05, 4.69) is 15.8 Å². The minimum atomic E-state index is -0.603. The molecule has 0 aliphatic carbocycles. The van der Waals surface area contributed by atoms with Crippen molar-refractivity contribution in [2.45, 2.75) is 0 Å². The molecule has 0 spiro atoms. The van der Waals surface area contributed by atoms with Gasteiger partial charge < -0.3 is 5.32 Å². The van der Waals surface area contributed by atoms with E-state index in [1.807, 2.05) is 0 Å². The largest absolute Gasteiger partial charge is 0.343 e. The molecule has 0 unspecified atom stereocenters. The van der Waals surface area contributed by atoms with E-state index >= 15 is 0 Å². The van der Waals surface area contributed by atoms with E-state index in [1.165, 1.54) is 36.4 Å². The SMILES string of the molecule is O=C(CNC(=O)c1ccc(Cl)c(Cl)c1)NN=Cc1ccccc1[N+](=O)[O-]. The van der Waals surface area contributed by atoms with E-state index in [1.54, 1.807) is 6.07 Å². The van der Waals surface area contributed by atoms with Crippen molar-refractivity contribution in [3.05, 3.63) is 73.8 Å². The van der Waals surface area contributed by atoms with Crippen molar-refractivity contribution in [3.8, 4) is 0 Å². The normalized spacial score (nSPS) is 10.5. The molecular weight excluding hydrogens is 383 g/mol. The second kappa shape index (κ2) is 8.93. The summed E-state index contributed by atoms with van der Waals surface area (Å²) in [6.45, 7) is -0.340. The smallest absolute Gasteiger partial charge is 0.278 e. The van der Waals surface area contributed by atoms with Crippen LogP contribution in [-0.2, 0) is 4.79 Å². The average Bonchev–Trinajstić information content (AvgIpc) is 2.62. The van der Waals surface area contributed by atoms with Gasteiger partial charge in [0.2, 0.25) is 0 Å². The second-order valence-electron chi connectivity index (χ2n) is 4.92. The number of nitro groups is 1. The highest BCUT2D eigenvalue weighted by Gasteiger charge is 2.11. The van der Waals surface area contributed by atoms with Gasteiger partial charge in [0, 0.05) is 11.6 Å². The molecule has 8 nitrogen and oxygen atoms in total. The summed E-state index contributed by atoms with van der Waals surface area (Å²) in [6.07, 6.45) is 1.15. The third-order valence-corrected chi connectivity index (χ3v) is 3.86. The highest BCUT2D eigenvalue weighted by atomic mass is 35.5. The molecule has 0 radical (unpaired) electrons. The molecule has 0 saturated carbocycles. The average molecular weight is 395 g/mol.